The number of carbonyl (C=O) groups excluding carboxylic acids is 2. The Labute approximate surface area is 134 Å². The van der Waals surface area contributed by atoms with Crippen molar-refractivity contribution in [2.75, 3.05) is 32.7 Å². The Morgan fingerprint density at radius 3 is 2.35 bits per heavy atom. The van der Waals surface area contributed by atoms with E-state index in [2.05, 4.69) is 0 Å². The van der Waals surface area contributed by atoms with Crippen LogP contribution in [0.3, 0.4) is 0 Å². The summed E-state index contributed by atoms with van der Waals surface area (Å²) in [5.41, 5.74) is 5.17. The number of hydrogen-bond acceptors (Lipinski definition) is 3. The van der Waals surface area contributed by atoms with E-state index >= 15 is 0 Å². The molecule has 1 aliphatic carbocycles. The fraction of sp³-hybridized carbons (Fsp3) is 0.867. The zero-order valence-electron chi connectivity index (χ0n) is 13.1. The molecule has 0 radical (unpaired) electrons. The lowest BCUT2D eigenvalue weighted by atomic mass is 9.78. The van der Waals surface area contributed by atoms with Crippen molar-refractivity contribution in [1.29, 1.82) is 0 Å². The lowest BCUT2D eigenvalue weighted by molar-refractivity contribution is -0.200. The Morgan fingerprint density at radius 1 is 1.00 bits per heavy atom. The van der Waals surface area contributed by atoms with Crippen molar-refractivity contribution < 1.29 is 22.8 Å². The monoisotopic (exact) mass is 335 g/mol. The van der Waals surface area contributed by atoms with Gasteiger partial charge in [-0.25, -0.2) is 0 Å². The Bertz CT molecular complexity index is 442. The Morgan fingerprint density at radius 2 is 1.70 bits per heavy atom. The molecule has 0 aromatic carbocycles. The second kappa shape index (κ2) is 7.51. The molecular weight excluding hydrogens is 311 g/mol. The van der Waals surface area contributed by atoms with Crippen LogP contribution in [0.1, 0.15) is 32.1 Å². The number of carbonyl (C=O) groups is 2. The highest BCUT2D eigenvalue weighted by Crippen LogP contribution is 2.42. The zero-order chi connectivity index (χ0) is 17.0. The molecule has 2 amide bonds. The van der Waals surface area contributed by atoms with Gasteiger partial charge in [-0.2, -0.15) is 13.2 Å². The maximum Gasteiger partial charge on any atom is 0.392 e. The molecule has 1 heterocycles. The van der Waals surface area contributed by atoms with Crippen molar-refractivity contribution in [3.05, 3.63) is 0 Å². The number of amides is 2. The predicted molar refractivity (Wildman–Crippen MR) is 78.3 cm³/mol. The Balaban J connectivity index is 1.99. The fourth-order valence-corrected chi connectivity index (χ4v) is 3.62. The third-order valence-electron chi connectivity index (χ3n) is 4.78. The second-order valence-electron chi connectivity index (χ2n) is 6.46. The summed E-state index contributed by atoms with van der Waals surface area (Å²) in [6, 6.07) is 0. The quantitative estimate of drug-likeness (QED) is 0.847. The maximum absolute atomic E-state index is 13.2. The molecule has 2 atom stereocenters. The van der Waals surface area contributed by atoms with Gasteiger partial charge in [0.1, 0.15) is 0 Å². The first kappa shape index (κ1) is 18.0. The van der Waals surface area contributed by atoms with E-state index in [1.54, 1.807) is 0 Å². The largest absolute Gasteiger partial charge is 0.392 e. The van der Waals surface area contributed by atoms with Crippen molar-refractivity contribution >= 4 is 11.8 Å². The lowest BCUT2D eigenvalue weighted by Crippen LogP contribution is -2.46. The highest BCUT2D eigenvalue weighted by atomic mass is 19.4. The highest BCUT2D eigenvalue weighted by molar-refractivity contribution is 5.79. The van der Waals surface area contributed by atoms with E-state index in [9.17, 15) is 22.8 Å². The van der Waals surface area contributed by atoms with Crippen molar-refractivity contribution in [2.45, 2.75) is 38.3 Å². The summed E-state index contributed by atoms with van der Waals surface area (Å²) >= 11 is 0. The van der Waals surface area contributed by atoms with Gasteiger partial charge in [0.15, 0.2) is 0 Å². The molecule has 1 saturated carbocycles. The van der Waals surface area contributed by atoms with Crippen molar-refractivity contribution in [3.8, 4) is 0 Å². The first-order chi connectivity index (χ1) is 10.8. The predicted octanol–water partition coefficient (Wildman–Crippen LogP) is 1.37. The number of alkyl halides is 3. The fourth-order valence-electron chi connectivity index (χ4n) is 3.62. The van der Waals surface area contributed by atoms with Crippen LogP contribution in [0.4, 0.5) is 13.2 Å². The van der Waals surface area contributed by atoms with E-state index in [0.29, 0.717) is 51.9 Å². The average Bonchev–Trinajstić information content (AvgIpc) is 2.70. The van der Waals surface area contributed by atoms with Crippen molar-refractivity contribution in [3.63, 3.8) is 0 Å². The van der Waals surface area contributed by atoms with Gasteiger partial charge in [-0.1, -0.05) is 12.8 Å². The summed E-state index contributed by atoms with van der Waals surface area (Å²) in [6.45, 7) is 2.01. The molecule has 0 unspecified atom stereocenters. The van der Waals surface area contributed by atoms with Gasteiger partial charge in [-0.15, -0.1) is 0 Å². The van der Waals surface area contributed by atoms with Crippen LogP contribution >= 0.6 is 0 Å². The third kappa shape index (κ3) is 4.83. The number of primary amides is 1. The third-order valence-corrected chi connectivity index (χ3v) is 4.78. The molecule has 1 aliphatic heterocycles. The lowest BCUT2D eigenvalue weighted by Gasteiger charge is -2.35. The van der Waals surface area contributed by atoms with Gasteiger partial charge in [0.2, 0.25) is 11.8 Å². The van der Waals surface area contributed by atoms with E-state index < -0.39 is 23.9 Å². The van der Waals surface area contributed by atoms with Gasteiger partial charge in [0.25, 0.3) is 0 Å². The molecular formula is C15H24F3N3O2. The van der Waals surface area contributed by atoms with Gasteiger partial charge in [-0.3, -0.25) is 14.5 Å². The molecule has 23 heavy (non-hydrogen) atoms. The van der Waals surface area contributed by atoms with E-state index in [0.717, 1.165) is 0 Å². The summed E-state index contributed by atoms with van der Waals surface area (Å²) < 4.78 is 39.5. The molecule has 0 aromatic rings. The van der Waals surface area contributed by atoms with Crippen LogP contribution in [0, 0.1) is 11.8 Å². The first-order valence-electron chi connectivity index (χ1n) is 8.15. The molecule has 2 fully saturated rings. The minimum absolute atomic E-state index is 0.0432. The van der Waals surface area contributed by atoms with Crippen LogP contribution in [-0.2, 0) is 9.59 Å². The molecule has 132 valence electrons. The normalized spacial score (nSPS) is 27.5. The summed E-state index contributed by atoms with van der Waals surface area (Å²) in [7, 11) is 0. The van der Waals surface area contributed by atoms with Crippen LogP contribution in [0.25, 0.3) is 0 Å². The molecule has 0 bridgehead atoms. The molecule has 0 spiro atoms. The van der Waals surface area contributed by atoms with Crippen LogP contribution in [-0.4, -0.2) is 60.5 Å². The summed E-state index contributed by atoms with van der Waals surface area (Å²) in [5.74, 6) is -3.29. The van der Waals surface area contributed by atoms with E-state index in [4.69, 9.17) is 5.73 Å². The van der Waals surface area contributed by atoms with Crippen LogP contribution < -0.4 is 5.73 Å². The number of halogens is 3. The second-order valence-corrected chi connectivity index (χ2v) is 6.46. The number of nitrogens with zero attached hydrogens (tertiary/aromatic N) is 2. The van der Waals surface area contributed by atoms with E-state index in [1.807, 2.05) is 4.90 Å². The van der Waals surface area contributed by atoms with Crippen molar-refractivity contribution in [2.24, 2.45) is 17.6 Å². The zero-order valence-corrected chi connectivity index (χ0v) is 13.1. The standard InChI is InChI=1S/C15H24F3N3O2/c16-15(17,18)12-5-2-1-4-11(12)14(23)21-7-3-6-20(8-9-21)10-13(19)22/h11-12H,1-10H2,(H2,19,22)/t11-,12+/m0/s1. The number of hydrogen-bond donors (Lipinski definition) is 1. The Hall–Kier alpha value is -1.31. The molecule has 8 heteroatoms. The summed E-state index contributed by atoms with van der Waals surface area (Å²) in [4.78, 5) is 27.0. The molecule has 2 aliphatic rings. The van der Waals surface area contributed by atoms with Gasteiger partial charge >= 0.3 is 6.18 Å². The van der Waals surface area contributed by atoms with Gasteiger partial charge in [0, 0.05) is 32.1 Å². The van der Waals surface area contributed by atoms with E-state index in [-0.39, 0.29) is 18.9 Å². The molecule has 2 N–H and O–H groups in total. The topological polar surface area (TPSA) is 66.6 Å². The Kier molecular flexibility index (Phi) is 5.89. The van der Waals surface area contributed by atoms with E-state index in [1.165, 1.54) is 4.90 Å². The summed E-state index contributed by atoms with van der Waals surface area (Å²) in [6.07, 6.45) is -2.12. The smallest absolute Gasteiger partial charge is 0.369 e. The molecule has 0 aromatic heterocycles. The average molecular weight is 335 g/mol. The van der Waals surface area contributed by atoms with Crippen LogP contribution in [0.5, 0.6) is 0 Å². The van der Waals surface area contributed by atoms with Crippen LogP contribution in [0.15, 0.2) is 0 Å². The number of rotatable bonds is 3. The van der Waals surface area contributed by atoms with Crippen molar-refractivity contribution in [1.82, 2.24) is 9.80 Å². The van der Waals surface area contributed by atoms with Crippen LogP contribution in [0.2, 0.25) is 0 Å². The molecule has 1 saturated heterocycles. The van der Waals surface area contributed by atoms with Gasteiger partial charge < -0.3 is 10.6 Å². The molecule has 2 rings (SSSR count). The SMILES string of the molecule is NC(=O)CN1CCCN(C(=O)[C@H]2CCCC[C@H]2C(F)(F)F)CC1. The summed E-state index contributed by atoms with van der Waals surface area (Å²) in [5, 5.41) is 0. The first-order valence-corrected chi connectivity index (χ1v) is 8.15. The minimum atomic E-state index is -4.31. The minimum Gasteiger partial charge on any atom is -0.369 e. The van der Waals surface area contributed by atoms with Gasteiger partial charge in [0.05, 0.1) is 12.5 Å². The maximum atomic E-state index is 13.2. The number of nitrogens with two attached hydrogens (primary N) is 1. The molecule has 5 nitrogen and oxygen atoms in total. The van der Waals surface area contributed by atoms with Gasteiger partial charge in [-0.05, 0) is 19.3 Å². The highest BCUT2D eigenvalue weighted by Gasteiger charge is 2.48.